The fourth-order valence-electron chi connectivity index (χ4n) is 5.25. The molecule has 1 unspecified atom stereocenters. The monoisotopic (exact) mass is 438 g/mol. The first kappa shape index (κ1) is 18.6. The van der Waals surface area contributed by atoms with Crippen LogP contribution in [0.2, 0.25) is 5.02 Å². The van der Waals surface area contributed by atoms with Crippen LogP contribution >= 0.6 is 11.6 Å². The van der Waals surface area contributed by atoms with Crippen molar-refractivity contribution in [1.29, 1.82) is 0 Å². The number of aromatic nitrogens is 4. The first-order valence-corrected chi connectivity index (χ1v) is 10.3. The standard InChI is InChI=1S/C21H16ClFN6O2/c22-13-6-15(14(23)5-12(13)16-9-24-1-2-25-16)26-20(31)21-7-11-3-10-4-18(30)27-28-19(10)17(8-21)29(11)21/h1-2,4-6,9,11,17H,3,7-8H2,(H,26,31)(H,27,30)/t11-,17-,21?/m1/s1. The number of halogens is 2. The lowest BCUT2D eigenvalue weighted by Crippen LogP contribution is -2.81. The molecule has 3 aliphatic heterocycles. The Morgan fingerprint density at radius 3 is 2.97 bits per heavy atom. The molecule has 0 spiro atoms. The molecule has 1 aromatic carbocycles. The van der Waals surface area contributed by atoms with E-state index in [-0.39, 0.29) is 34.3 Å². The molecule has 3 atom stereocenters. The number of rotatable bonds is 3. The fraction of sp³-hybridized carbons (Fsp3) is 0.286. The van der Waals surface area contributed by atoms with E-state index in [0.717, 1.165) is 11.3 Å². The summed E-state index contributed by atoms with van der Waals surface area (Å²) in [6, 6.07) is 4.43. The number of amides is 1. The molecule has 2 N–H and O–H groups in total. The zero-order valence-corrected chi connectivity index (χ0v) is 16.9. The van der Waals surface area contributed by atoms with Gasteiger partial charge in [-0.25, -0.2) is 9.49 Å². The third kappa shape index (κ3) is 2.60. The van der Waals surface area contributed by atoms with Gasteiger partial charge in [-0.15, -0.1) is 0 Å². The van der Waals surface area contributed by atoms with E-state index < -0.39 is 11.4 Å². The minimum atomic E-state index is -0.673. The number of carbonyl (C=O) groups excluding carboxylic acids is 1. The van der Waals surface area contributed by atoms with Gasteiger partial charge in [0, 0.05) is 30.1 Å². The van der Waals surface area contributed by atoms with Crippen molar-refractivity contribution in [2.24, 2.45) is 0 Å². The summed E-state index contributed by atoms with van der Waals surface area (Å²) in [5.41, 5.74) is 1.76. The number of fused-ring (bicyclic) bond motifs is 2. The van der Waals surface area contributed by atoms with E-state index in [1.807, 2.05) is 0 Å². The van der Waals surface area contributed by atoms with Crippen molar-refractivity contribution in [3.8, 4) is 11.3 Å². The number of carbonyl (C=O) groups is 1. The maximum Gasteiger partial charge on any atom is 0.264 e. The molecule has 5 heterocycles. The van der Waals surface area contributed by atoms with Gasteiger partial charge in [-0.2, -0.15) is 5.10 Å². The summed E-state index contributed by atoms with van der Waals surface area (Å²) >= 11 is 6.34. The molecule has 3 aliphatic rings. The van der Waals surface area contributed by atoms with Gasteiger partial charge in [0.2, 0.25) is 5.91 Å². The molecule has 3 aromatic rings. The molecule has 2 saturated heterocycles. The van der Waals surface area contributed by atoms with Gasteiger partial charge in [0.25, 0.3) is 5.56 Å². The Kier molecular flexibility index (Phi) is 3.85. The largest absolute Gasteiger partial charge is 0.322 e. The summed E-state index contributed by atoms with van der Waals surface area (Å²) in [6.45, 7) is 0. The number of hydrogen-bond acceptors (Lipinski definition) is 6. The average Bonchev–Trinajstić information content (AvgIpc) is 2.72. The number of piperidine rings is 1. The van der Waals surface area contributed by atoms with Crippen molar-refractivity contribution >= 4 is 23.2 Å². The van der Waals surface area contributed by atoms with E-state index in [9.17, 15) is 14.0 Å². The molecule has 31 heavy (non-hydrogen) atoms. The van der Waals surface area contributed by atoms with Crippen LogP contribution in [0.3, 0.4) is 0 Å². The van der Waals surface area contributed by atoms with E-state index in [1.54, 1.807) is 6.07 Å². The Hall–Kier alpha value is -3.17. The Bertz CT molecular complexity index is 1300. The highest BCUT2D eigenvalue weighted by atomic mass is 35.5. The first-order chi connectivity index (χ1) is 15.0. The van der Waals surface area contributed by atoms with E-state index in [4.69, 9.17) is 11.6 Å². The fourth-order valence-corrected chi connectivity index (χ4v) is 5.51. The topological polar surface area (TPSA) is 104 Å². The van der Waals surface area contributed by atoms with Crippen molar-refractivity contribution in [2.45, 2.75) is 36.9 Å². The Morgan fingerprint density at radius 2 is 2.16 bits per heavy atom. The van der Waals surface area contributed by atoms with Crippen LogP contribution < -0.4 is 10.9 Å². The highest BCUT2D eigenvalue weighted by molar-refractivity contribution is 6.33. The van der Waals surface area contributed by atoms with Gasteiger partial charge in [0.15, 0.2) is 0 Å². The molecule has 0 aliphatic carbocycles. The number of hydrogen-bond donors (Lipinski definition) is 2. The second-order valence-electron chi connectivity index (χ2n) is 8.22. The van der Waals surface area contributed by atoms with Crippen LogP contribution in [-0.4, -0.2) is 42.6 Å². The van der Waals surface area contributed by atoms with E-state index in [2.05, 4.69) is 30.4 Å². The second kappa shape index (κ2) is 6.41. The van der Waals surface area contributed by atoms with Crippen LogP contribution in [0.5, 0.6) is 0 Å². The van der Waals surface area contributed by atoms with Crippen LogP contribution in [0.4, 0.5) is 10.1 Å². The number of nitrogens with zero attached hydrogens (tertiary/aromatic N) is 4. The molecule has 2 aromatic heterocycles. The van der Waals surface area contributed by atoms with Gasteiger partial charge in [-0.05, 0) is 37.0 Å². The second-order valence-corrected chi connectivity index (χ2v) is 8.63. The summed E-state index contributed by atoms with van der Waals surface area (Å²) < 4.78 is 14.8. The first-order valence-electron chi connectivity index (χ1n) is 9.90. The van der Waals surface area contributed by atoms with Crippen molar-refractivity contribution in [3.63, 3.8) is 0 Å². The molecule has 1 amide bonds. The normalized spacial score (nSPS) is 25.6. The van der Waals surface area contributed by atoms with Gasteiger partial charge in [0.1, 0.15) is 11.4 Å². The van der Waals surface area contributed by atoms with E-state index in [0.29, 0.717) is 30.5 Å². The SMILES string of the molecule is O=C(Nc1cc(Cl)c(-c2cnccn2)cc1F)C12C[C@H]3Cc4cc(=O)[nH]nc4[C@@H](C1)N32. The number of benzene rings is 1. The third-order valence-electron chi connectivity index (χ3n) is 6.59. The third-order valence-corrected chi connectivity index (χ3v) is 6.90. The zero-order chi connectivity index (χ0) is 21.3. The van der Waals surface area contributed by atoms with Crippen LogP contribution in [0.25, 0.3) is 11.3 Å². The Morgan fingerprint density at radius 1 is 1.29 bits per heavy atom. The summed E-state index contributed by atoms with van der Waals surface area (Å²) in [6.07, 6.45) is 6.44. The molecule has 0 bridgehead atoms. The van der Waals surface area contributed by atoms with Crippen molar-refractivity contribution < 1.29 is 9.18 Å². The van der Waals surface area contributed by atoms with Crippen LogP contribution in [0.1, 0.15) is 30.1 Å². The van der Waals surface area contributed by atoms with Gasteiger partial charge in [-0.3, -0.25) is 24.5 Å². The van der Waals surface area contributed by atoms with Gasteiger partial charge in [0.05, 0.1) is 34.3 Å². The maximum atomic E-state index is 14.8. The number of anilines is 1. The average molecular weight is 439 g/mol. The Balaban J connectivity index is 1.25. The van der Waals surface area contributed by atoms with Crippen molar-refractivity contribution in [3.05, 3.63) is 69.2 Å². The number of nitrogens with one attached hydrogen (secondary N) is 2. The minimum Gasteiger partial charge on any atom is -0.322 e. The minimum absolute atomic E-state index is 0.00225. The molecule has 156 valence electrons. The zero-order valence-electron chi connectivity index (χ0n) is 16.1. The predicted molar refractivity (Wildman–Crippen MR) is 110 cm³/mol. The molecule has 8 nitrogen and oxygen atoms in total. The molecule has 0 radical (unpaired) electrons. The summed E-state index contributed by atoms with van der Waals surface area (Å²) in [5.74, 6) is -0.847. The molecular formula is C21H16ClFN6O2. The molecular weight excluding hydrogens is 423 g/mol. The molecule has 0 saturated carbocycles. The summed E-state index contributed by atoms with van der Waals surface area (Å²) in [4.78, 5) is 34.9. The van der Waals surface area contributed by atoms with Crippen LogP contribution in [-0.2, 0) is 11.2 Å². The molecule has 6 rings (SSSR count). The highest BCUT2D eigenvalue weighted by Crippen LogP contribution is 2.61. The maximum absolute atomic E-state index is 14.8. The highest BCUT2D eigenvalue weighted by Gasteiger charge is 2.69. The van der Waals surface area contributed by atoms with E-state index in [1.165, 1.54) is 30.7 Å². The van der Waals surface area contributed by atoms with Gasteiger partial charge in [-0.1, -0.05) is 11.6 Å². The molecule has 2 fully saturated rings. The lowest BCUT2D eigenvalue weighted by atomic mass is 9.59. The van der Waals surface area contributed by atoms with Crippen molar-refractivity contribution in [1.82, 2.24) is 25.1 Å². The lowest BCUT2D eigenvalue weighted by Gasteiger charge is -2.70. The predicted octanol–water partition coefficient (Wildman–Crippen LogP) is 2.47. The molecule has 10 heteroatoms. The smallest absolute Gasteiger partial charge is 0.264 e. The van der Waals surface area contributed by atoms with Gasteiger partial charge < -0.3 is 5.32 Å². The lowest BCUT2D eigenvalue weighted by molar-refractivity contribution is -0.207. The number of H-pyrrole nitrogens is 1. The van der Waals surface area contributed by atoms with Gasteiger partial charge >= 0.3 is 0 Å². The van der Waals surface area contributed by atoms with Crippen molar-refractivity contribution in [2.75, 3.05) is 5.32 Å². The summed E-state index contributed by atoms with van der Waals surface area (Å²) in [7, 11) is 0. The number of aromatic amines is 1. The summed E-state index contributed by atoms with van der Waals surface area (Å²) in [5, 5.41) is 9.67. The quantitative estimate of drug-likeness (QED) is 0.651. The Labute approximate surface area is 180 Å². The van der Waals surface area contributed by atoms with Crippen LogP contribution in [0, 0.1) is 5.82 Å². The van der Waals surface area contributed by atoms with E-state index >= 15 is 0 Å². The van der Waals surface area contributed by atoms with Crippen LogP contribution in [0.15, 0.2) is 41.6 Å².